The van der Waals surface area contributed by atoms with E-state index in [1.165, 1.54) is 29.6 Å². The van der Waals surface area contributed by atoms with Gasteiger partial charge in [-0.05, 0) is 57.9 Å². The quantitative estimate of drug-likeness (QED) is 0.463. The number of aromatic nitrogens is 1. The van der Waals surface area contributed by atoms with Crippen LogP contribution in [0.3, 0.4) is 0 Å². The molecule has 1 fully saturated rings. The number of methoxy groups -OCH3 is 1. The molecule has 0 radical (unpaired) electrons. The topological polar surface area (TPSA) is 94.9 Å². The highest BCUT2D eigenvalue weighted by Gasteiger charge is 2.33. The number of carbonyl (C=O) groups excluding carboxylic acids is 2. The Bertz CT molecular complexity index is 1140. The lowest BCUT2D eigenvalue weighted by Crippen LogP contribution is -2.42. The summed E-state index contributed by atoms with van der Waals surface area (Å²) < 4.78 is 40.4. The van der Waals surface area contributed by atoms with Gasteiger partial charge in [-0.3, -0.25) is 4.79 Å². The average molecular weight is 463 g/mol. The third kappa shape index (κ3) is 4.59. The summed E-state index contributed by atoms with van der Waals surface area (Å²) in [6, 6.07) is 5.75. The highest BCUT2D eigenvalue weighted by atomic mass is 32.2. The number of benzene rings is 1. The van der Waals surface area contributed by atoms with Crippen LogP contribution in [0, 0.1) is 13.8 Å². The predicted octanol–water partition coefficient (Wildman–Crippen LogP) is 3.25. The zero-order chi connectivity index (χ0) is 23.6. The number of esters is 1. The fraction of sp³-hybridized carbons (Fsp3) is 0.478. The summed E-state index contributed by atoms with van der Waals surface area (Å²) in [7, 11) is -0.620. The third-order valence-corrected chi connectivity index (χ3v) is 8.17. The van der Waals surface area contributed by atoms with Gasteiger partial charge in [-0.15, -0.1) is 0 Å². The number of hydrogen-bond acceptors (Lipinski definition) is 6. The van der Waals surface area contributed by atoms with Gasteiger partial charge < -0.3 is 14.0 Å². The van der Waals surface area contributed by atoms with Crippen molar-refractivity contribution < 1.29 is 27.5 Å². The average Bonchev–Trinajstić information content (AvgIpc) is 3.04. The molecule has 1 aliphatic heterocycles. The van der Waals surface area contributed by atoms with E-state index in [0.29, 0.717) is 12.1 Å². The van der Waals surface area contributed by atoms with Crippen LogP contribution < -0.4 is 4.74 Å². The maximum Gasteiger partial charge on any atom is 0.338 e. The molecule has 2 heterocycles. The van der Waals surface area contributed by atoms with Gasteiger partial charge in [0.1, 0.15) is 10.6 Å². The van der Waals surface area contributed by atoms with Gasteiger partial charge in [0.2, 0.25) is 15.8 Å². The van der Waals surface area contributed by atoms with Crippen LogP contribution in [0.1, 0.15) is 58.3 Å². The number of nitrogens with zero attached hydrogens (tertiary/aromatic N) is 2. The number of Topliss-reactive ketones (excluding diaryl/α,β-unsaturated/α-hetero) is 1. The molecule has 0 bridgehead atoms. The number of piperidine rings is 1. The summed E-state index contributed by atoms with van der Waals surface area (Å²) in [5.41, 5.74) is 2.25. The molecule has 0 aliphatic carbocycles. The number of sulfonamides is 1. The van der Waals surface area contributed by atoms with Crippen LogP contribution in [-0.4, -0.2) is 55.3 Å². The van der Waals surface area contributed by atoms with E-state index in [-0.39, 0.29) is 28.0 Å². The van der Waals surface area contributed by atoms with Crippen molar-refractivity contribution in [2.24, 2.45) is 7.05 Å². The van der Waals surface area contributed by atoms with Crippen molar-refractivity contribution >= 4 is 21.8 Å². The number of carbonyl (C=O) groups is 2. The van der Waals surface area contributed by atoms with Crippen molar-refractivity contribution in [3.05, 3.63) is 46.8 Å². The second-order valence-electron chi connectivity index (χ2n) is 8.17. The molecule has 1 aromatic heterocycles. The van der Waals surface area contributed by atoms with Crippen molar-refractivity contribution in [2.45, 2.75) is 51.0 Å². The Labute approximate surface area is 189 Å². The molecule has 174 valence electrons. The maximum atomic E-state index is 13.3. The monoisotopic (exact) mass is 462 g/mol. The SMILES string of the molecule is COc1ccc(C(=O)OCC(=O)c2cc(C)n(C)c2C)cc1S(=O)(=O)N1CCCC[C@@H]1C. The second-order valence-corrected chi connectivity index (χ2v) is 10.0. The second kappa shape index (κ2) is 9.46. The first kappa shape index (κ1) is 24.0. The summed E-state index contributed by atoms with van der Waals surface area (Å²) in [4.78, 5) is 25.1. The Hall–Kier alpha value is -2.65. The molecule has 0 N–H and O–H groups in total. The zero-order valence-electron chi connectivity index (χ0n) is 19.2. The van der Waals surface area contributed by atoms with E-state index in [0.717, 1.165) is 30.7 Å². The number of ketones is 1. The predicted molar refractivity (Wildman–Crippen MR) is 120 cm³/mol. The molecule has 1 aromatic carbocycles. The van der Waals surface area contributed by atoms with Gasteiger partial charge in [-0.2, -0.15) is 4.31 Å². The standard InChI is InChI=1S/C23H30N2O6S/c1-15-8-6-7-11-25(15)32(28,29)22-13-18(9-10-21(22)30-5)23(27)31-14-20(26)19-12-16(2)24(4)17(19)3/h9-10,12-13,15H,6-8,11,14H2,1-5H3/t15-/m0/s1. The summed E-state index contributed by atoms with van der Waals surface area (Å²) >= 11 is 0. The summed E-state index contributed by atoms with van der Waals surface area (Å²) in [5.74, 6) is -0.928. The molecule has 0 unspecified atom stereocenters. The molecule has 2 aromatic rings. The number of rotatable bonds is 7. The van der Waals surface area contributed by atoms with E-state index in [1.54, 1.807) is 6.07 Å². The van der Waals surface area contributed by atoms with E-state index in [1.807, 2.05) is 32.4 Å². The van der Waals surface area contributed by atoms with E-state index >= 15 is 0 Å². The smallest absolute Gasteiger partial charge is 0.338 e. The van der Waals surface area contributed by atoms with Gasteiger partial charge in [0.15, 0.2) is 6.61 Å². The van der Waals surface area contributed by atoms with Crippen molar-refractivity contribution in [1.29, 1.82) is 0 Å². The zero-order valence-corrected chi connectivity index (χ0v) is 20.0. The summed E-state index contributed by atoms with van der Waals surface area (Å²) in [5, 5.41) is 0. The molecule has 32 heavy (non-hydrogen) atoms. The van der Waals surface area contributed by atoms with Gasteiger partial charge in [-0.1, -0.05) is 6.42 Å². The maximum absolute atomic E-state index is 13.3. The summed E-state index contributed by atoms with van der Waals surface area (Å²) in [6.45, 7) is 5.58. The number of hydrogen-bond donors (Lipinski definition) is 0. The minimum absolute atomic E-state index is 0.0443. The molecular weight excluding hydrogens is 432 g/mol. The van der Waals surface area contributed by atoms with Gasteiger partial charge in [0, 0.05) is 36.6 Å². The van der Waals surface area contributed by atoms with Crippen molar-refractivity contribution in [1.82, 2.24) is 8.87 Å². The number of ether oxygens (including phenoxy) is 2. The Balaban J connectivity index is 1.82. The van der Waals surface area contributed by atoms with E-state index in [9.17, 15) is 18.0 Å². The first-order valence-corrected chi connectivity index (χ1v) is 12.0. The molecular formula is C23H30N2O6S. The Morgan fingerprint density at radius 2 is 1.88 bits per heavy atom. The molecule has 0 saturated carbocycles. The van der Waals surface area contributed by atoms with Crippen LogP contribution in [0.4, 0.5) is 0 Å². The molecule has 3 rings (SSSR count). The van der Waals surface area contributed by atoms with E-state index < -0.39 is 22.6 Å². The lowest BCUT2D eigenvalue weighted by atomic mass is 10.1. The van der Waals surface area contributed by atoms with E-state index in [4.69, 9.17) is 9.47 Å². The van der Waals surface area contributed by atoms with Crippen molar-refractivity contribution in [3.63, 3.8) is 0 Å². The third-order valence-electron chi connectivity index (χ3n) is 6.14. The molecule has 9 heteroatoms. The molecule has 1 aliphatic rings. The lowest BCUT2D eigenvalue weighted by molar-refractivity contribution is 0.0474. The fourth-order valence-corrected chi connectivity index (χ4v) is 5.87. The molecule has 8 nitrogen and oxygen atoms in total. The molecule has 1 saturated heterocycles. The van der Waals surface area contributed by atoms with Gasteiger partial charge >= 0.3 is 5.97 Å². The Morgan fingerprint density at radius 3 is 2.47 bits per heavy atom. The highest BCUT2D eigenvalue weighted by Crippen LogP contribution is 2.32. The largest absolute Gasteiger partial charge is 0.495 e. The number of aryl methyl sites for hydroxylation is 1. The van der Waals surface area contributed by atoms with Crippen LogP contribution in [0.15, 0.2) is 29.2 Å². The Kier molecular flexibility index (Phi) is 7.09. The molecule has 0 spiro atoms. The van der Waals surface area contributed by atoms with Crippen molar-refractivity contribution in [2.75, 3.05) is 20.3 Å². The van der Waals surface area contributed by atoms with Gasteiger partial charge in [-0.25, -0.2) is 13.2 Å². The molecule has 0 amide bonds. The summed E-state index contributed by atoms with van der Waals surface area (Å²) in [6.07, 6.45) is 2.54. The van der Waals surface area contributed by atoms with Crippen LogP contribution in [0.25, 0.3) is 0 Å². The van der Waals surface area contributed by atoms with Gasteiger partial charge in [0.05, 0.1) is 12.7 Å². The fourth-order valence-electron chi connectivity index (χ4n) is 3.99. The van der Waals surface area contributed by atoms with Crippen LogP contribution in [-0.2, 0) is 21.8 Å². The van der Waals surface area contributed by atoms with Crippen LogP contribution in [0.2, 0.25) is 0 Å². The van der Waals surface area contributed by atoms with Crippen molar-refractivity contribution in [3.8, 4) is 5.75 Å². The Morgan fingerprint density at radius 1 is 1.16 bits per heavy atom. The normalized spacial score (nSPS) is 17.2. The van der Waals surface area contributed by atoms with E-state index in [2.05, 4.69) is 0 Å². The van der Waals surface area contributed by atoms with Crippen LogP contribution in [0.5, 0.6) is 5.75 Å². The first-order valence-electron chi connectivity index (χ1n) is 10.6. The van der Waals surface area contributed by atoms with Gasteiger partial charge in [0.25, 0.3) is 0 Å². The van der Waals surface area contributed by atoms with Crippen LogP contribution >= 0.6 is 0 Å². The lowest BCUT2D eigenvalue weighted by Gasteiger charge is -2.32. The molecule has 1 atom stereocenters. The first-order chi connectivity index (χ1) is 15.1. The highest BCUT2D eigenvalue weighted by molar-refractivity contribution is 7.89. The minimum Gasteiger partial charge on any atom is -0.495 e. The minimum atomic E-state index is -3.86.